The minimum absolute atomic E-state index is 0.0406. The fourth-order valence-electron chi connectivity index (χ4n) is 1.18. The second-order valence-electron chi connectivity index (χ2n) is 3.25. The molecule has 1 aromatic carbocycles. The molecule has 0 radical (unpaired) electrons. The summed E-state index contributed by atoms with van der Waals surface area (Å²) in [5.41, 5.74) is 0.959. The van der Waals surface area contributed by atoms with Crippen molar-refractivity contribution < 1.29 is 9.53 Å². The predicted molar refractivity (Wildman–Crippen MR) is 59.9 cm³/mol. The van der Waals surface area contributed by atoms with Gasteiger partial charge in [-0.05, 0) is 17.7 Å². The molecule has 1 aromatic rings. The van der Waals surface area contributed by atoms with E-state index in [1.165, 1.54) is 0 Å². The van der Waals surface area contributed by atoms with E-state index in [1.54, 1.807) is 19.2 Å². The molecule has 0 bridgehead atoms. The number of nitrogens with zero attached hydrogens (tertiary/aromatic N) is 1. The van der Waals surface area contributed by atoms with E-state index in [-0.39, 0.29) is 5.91 Å². The molecule has 1 rings (SSSR count). The van der Waals surface area contributed by atoms with Crippen molar-refractivity contribution in [2.75, 3.05) is 13.7 Å². The van der Waals surface area contributed by atoms with Gasteiger partial charge in [0.15, 0.2) is 0 Å². The fraction of sp³-hybridized carbons (Fsp3) is 0.333. The summed E-state index contributed by atoms with van der Waals surface area (Å²) in [4.78, 5) is 10.9. The molecule has 1 amide bonds. The standard InChI is InChI=1S/C12H14N2O2/c1-14-12(15)7-9-16-11-4-2-10(3-5-11)6-8-13/h2-5H,6-7,9H2,1H3,(H,14,15). The Morgan fingerprint density at radius 3 is 2.69 bits per heavy atom. The monoisotopic (exact) mass is 218 g/mol. The fourth-order valence-corrected chi connectivity index (χ4v) is 1.18. The van der Waals surface area contributed by atoms with E-state index < -0.39 is 0 Å². The van der Waals surface area contributed by atoms with Crippen LogP contribution in [0.2, 0.25) is 0 Å². The highest BCUT2D eigenvalue weighted by atomic mass is 16.5. The lowest BCUT2D eigenvalue weighted by Crippen LogP contribution is -2.20. The SMILES string of the molecule is CNC(=O)CCOc1ccc(CC#N)cc1. The Balaban J connectivity index is 2.38. The van der Waals surface area contributed by atoms with Crippen LogP contribution in [-0.2, 0) is 11.2 Å². The Hall–Kier alpha value is -2.02. The first-order valence-electron chi connectivity index (χ1n) is 5.05. The lowest BCUT2D eigenvalue weighted by molar-refractivity contribution is -0.121. The molecule has 0 saturated heterocycles. The van der Waals surface area contributed by atoms with Gasteiger partial charge in [0.25, 0.3) is 0 Å². The molecule has 4 heteroatoms. The molecule has 16 heavy (non-hydrogen) atoms. The van der Waals surface area contributed by atoms with Crippen molar-refractivity contribution in [3.63, 3.8) is 0 Å². The summed E-state index contributed by atoms with van der Waals surface area (Å²) in [7, 11) is 1.60. The van der Waals surface area contributed by atoms with Gasteiger partial charge in [0, 0.05) is 7.05 Å². The molecule has 84 valence electrons. The minimum Gasteiger partial charge on any atom is -0.493 e. The second-order valence-corrected chi connectivity index (χ2v) is 3.25. The topological polar surface area (TPSA) is 62.1 Å². The maximum absolute atomic E-state index is 10.9. The van der Waals surface area contributed by atoms with Crippen molar-refractivity contribution in [2.24, 2.45) is 0 Å². The Kier molecular flexibility index (Phi) is 4.87. The minimum atomic E-state index is -0.0406. The zero-order chi connectivity index (χ0) is 11.8. The molecule has 0 spiro atoms. The average molecular weight is 218 g/mol. The zero-order valence-electron chi connectivity index (χ0n) is 9.19. The van der Waals surface area contributed by atoms with Gasteiger partial charge in [-0.3, -0.25) is 4.79 Å². The lowest BCUT2D eigenvalue weighted by atomic mass is 10.2. The average Bonchev–Trinajstić information content (AvgIpc) is 2.31. The molecule has 0 heterocycles. The summed E-state index contributed by atoms with van der Waals surface area (Å²) in [6.45, 7) is 0.358. The molecule has 1 N–H and O–H groups in total. The van der Waals surface area contributed by atoms with Gasteiger partial charge >= 0.3 is 0 Å². The first kappa shape index (κ1) is 12.1. The van der Waals surface area contributed by atoms with E-state index >= 15 is 0 Å². The van der Waals surface area contributed by atoms with Gasteiger partial charge < -0.3 is 10.1 Å². The molecule has 0 fully saturated rings. The maximum Gasteiger partial charge on any atom is 0.223 e. The van der Waals surface area contributed by atoms with Crippen LogP contribution in [0, 0.1) is 11.3 Å². The van der Waals surface area contributed by atoms with Crippen LogP contribution in [0.4, 0.5) is 0 Å². The maximum atomic E-state index is 10.9. The van der Waals surface area contributed by atoms with Gasteiger partial charge in [0.1, 0.15) is 5.75 Å². The summed E-state index contributed by atoms with van der Waals surface area (Å²) < 4.78 is 5.37. The van der Waals surface area contributed by atoms with Crippen molar-refractivity contribution in [1.82, 2.24) is 5.32 Å². The van der Waals surface area contributed by atoms with E-state index in [1.807, 2.05) is 12.1 Å². The first-order chi connectivity index (χ1) is 7.76. The van der Waals surface area contributed by atoms with Gasteiger partial charge in [-0.25, -0.2) is 0 Å². The highest BCUT2D eigenvalue weighted by Gasteiger charge is 1.99. The normalized spacial score (nSPS) is 9.25. The van der Waals surface area contributed by atoms with Crippen molar-refractivity contribution in [3.05, 3.63) is 29.8 Å². The van der Waals surface area contributed by atoms with Crippen LogP contribution in [0.5, 0.6) is 5.75 Å². The third-order valence-electron chi connectivity index (χ3n) is 2.08. The van der Waals surface area contributed by atoms with Gasteiger partial charge in [0.2, 0.25) is 5.91 Å². The Bertz CT molecular complexity index is 379. The number of nitrogens with one attached hydrogen (secondary N) is 1. The first-order valence-corrected chi connectivity index (χ1v) is 5.05. The zero-order valence-corrected chi connectivity index (χ0v) is 9.19. The molecule has 0 aromatic heterocycles. The van der Waals surface area contributed by atoms with Crippen LogP contribution < -0.4 is 10.1 Å². The molecule has 0 aliphatic rings. The summed E-state index contributed by atoms with van der Waals surface area (Å²) in [6, 6.07) is 9.37. The third-order valence-corrected chi connectivity index (χ3v) is 2.08. The smallest absolute Gasteiger partial charge is 0.223 e. The predicted octanol–water partition coefficient (Wildman–Crippen LogP) is 1.27. The van der Waals surface area contributed by atoms with E-state index in [9.17, 15) is 4.79 Å². The van der Waals surface area contributed by atoms with Crippen molar-refractivity contribution in [1.29, 1.82) is 5.26 Å². The Morgan fingerprint density at radius 2 is 2.12 bits per heavy atom. The molecule has 0 aliphatic heterocycles. The molecule has 0 saturated carbocycles. The molecule has 0 atom stereocenters. The van der Waals surface area contributed by atoms with Gasteiger partial charge in [-0.2, -0.15) is 5.26 Å². The molecular formula is C12H14N2O2. The number of benzene rings is 1. The van der Waals surface area contributed by atoms with Gasteiger partial charge in [-0.1, -0.05) is 12.1 Å². The third kappa shape index (κ3) is 4.01. The van der Waals surface area contributed by atoms with E-state index in [2.05, 4.69) is 11.4 Å². The van der Waals surface area contributed by atoms with Crippen LogP contribution in [0.1, 0.15) is 12.0 Å². The van der Waals surface area contributed by atoms with E-state index in [4.69, 9.17) is 10.00 Å². The Morgan fingerprint density at radius 1 is 1.44 bits per heavy atom. The number of nitriles is 1. The number of carbonyl (C=O) groups excluding carboxylic acids is 1. The summed E-state index contributed by atoms with van der Waals surface area (Å²) in [6.07, 6.45) is 0.745. The van der Waals surface area contributed by atoms with E-state index in [0.29, 0.717) is 25.2 Å². The highest BCUT2D eigenvalue weighted by Crippen LogP contribution is 2.12. The van der Waals surface area contributed by atoms with Gasteiger partial charge in [-0.15, -0.1) is 0 Å². The summed E-state index contributed by atoms with van der Waals surface area (Å²) >= 11 is 0. The number of ether oxygens (including phenoxy) is 1. The largest absolute Gasteiger partial charge is 0.493 e. The molecule has 4 nitrogen and oxygen atoms in total. The number of carbonyl (C=O) groups is 1. The van der Waals surface area contributed by atoms with Crippen LogP contribution in [0.25, 0.3) is 0 Å². The highest BCUT2D eigenvalue weighted by molar-refractivity contribution is 5.75. The molecular weight excluding hydrogens is 204 g/mol. The number of hydrogen-bond donors (Lipinski definition) is 1. The van der Waals surface area contributed by atoms with Gasteiger partial charge in [0.05, 0.1) is 25.5 Å². The number of rotatable bonds is 5. The van der Waals surface area contributed by atoms with Crippen LogP contribution >= 0.6 is 0 Å². The second kappa shape index (κ2) is 6.46. The van der Waals surface area contributed by atoms with Crippen LogP contribution in [0.3, 0.4) is 0 Å². The van der Waals surface area contributed by atoms with Crippen LogP contribution in [0.15, 0.2) is 24.3 Å². The lowest BCUT2D eigenvalue weighted by Gasteiger charge is -2.05. The van der Waals surface area contributed by atoms with Crippen molar-refractivity contribution >= 4 is 5.91 Å². The Labute approximate surface area is 94.8 Å². The summed E-state index contributed by atoms with van der Waals surface area (Å²) in [5, 5.41) is 11.0. The number of hydrogen-bond acceptors (Lipinski definition) is 3. The summed E-state index contributed by atoms with van der Waals surface area (Å²) in [5.74, 6) is 0.673. The molecule has 0 unspecified atom stereocenters. The molecule has 0 aliphatic carbocycles. The van der Waals surface area contributed by atoms with Crippen molar-refractivity contribution in [3.8, 4) is 11.8 Å². The van der Waals surface area contributed by atoms with E-state index in [0.717, 1.165) is 5.56 Å². The van der Waals surface area contributed by atoms with Crippen LogP contribution in [-0.4, -0.2) is 19.6 Å². The quantitative estimate of drug-likeness (QED) is 0.809. The number of amides is 1. The van der Waals surface area contributed by atoms with Crippen molar-refractivity contribution in [2.45, 2.75) is 12.8 Å².